The Morgan fingerprint density at radius 2 is 1.45 bits per heavy atom. The zero-order valence-corrected chi connectivity index (χ0v) is 29.0. The van der Waals surface area contributed by atoms with E-state index in [1.165, 1.54) is 4.31 Å². The monoisotopic (exact) mass is 635 g/mol. The van der Waals surface area contributed by atoms with Gasteiger partial charge in [-0.05, 0) is 96.9 Å². The molecule has 6 nitrogen and oxygen atoms in total. The average Bonchev–Trinajstić information content (AvgIpc) is 2.95. The molecule has 0 aliphatic carbocycles. The number of sulfonamides is 1. The molecule has 4 rings (SSSR count). The molecule has 0 saturated heterocycles. The molecule has 0 unspecified atom stereocenters. The average molecular weight is 636 g/mol. The van der Waals surface area contributed by atoms with Crippen molar-refractivity contribution in [3.8, 4) is 5.75 Å². The summed E-state index contributed by atoms with van der Waals surface area (Å²) in [5.74, 6) is 0.304. The Morgan fingerprint density at radius 1 is 0.841 bits per heavy atom. The molecule has 236 valence electrons. The summed E-state index contributed by atoms with van der Waals surface area (Å²) < 4.78 is 32.3. The van der Waals surface area contributed by atoms with Gasteiger partial charge < -0.3 is 5.11 Å². The number of aromatic hydroxyl groups is 1. The van der Waals surface area contributed by atoms with Crippen LogP contribution in [0.15, 0.2) is 59.5 Å². The Kier molecular flexibility index (Phi) is 10.3. The zero-order valence-electron chi connectivity index (χ0n) is 27.4. The molecular weight excluding hydrogens is 590 g/mol. The van der Waals surface area contributed by atoms with E-state index < -0.39 is 10.0 Å². The molecule has 0 atom stereocenters. The van der Waals surface area contributed by atoms with Gasteiger partial charge in [0.15, 0.2) is 0 Å². The summed E-state index contributed by atoms with van der Waals surface area (Å²) in [6.07, 6.45) is 0. The van der Waals surface area contributed by atoms with Crippen molar-refractivity contribution in [3.05, 3.63) is 87.6 Å². The van der Waals surface area contributed by atoms with Crippen molar-refractivity contribution in [3.63, 3.8) is 0 Å². The lowest BCUT2D eigenvalue weighted by Gasteiger charge is -2.31. The van der Waals surface area contributed by atoms with E-state index in [0.29, 0.717) is 50.0 Å². The van der Waals surface area contributed by atoms with Gasteiger partial charge in [0.05, 0.1) is 21.8 Å². The van der Waals surface area contributed by atoms with Crippen LogP contribution in [0.4, 0.5) is 11.4 Å². The highest BCUT2D eigenvalue weighted by atomic mass is 35.5. The molecule has 0 aliphatic rings. The second-order valence-electron chi connectivity index (χ2n) is 12.5. The summed E-state index contributed by atoms with van der Waals surface area (Å²) in [6.45, 7) is 20.5. The SMILES string of the molecule is CCN(CC)Cc1cc(N(c2cc(C)nc3cc(Cl)ccc23)S(=O)(=O)c2c(C(C)C)cc(C(C)C)cc2C(C)C)ccc1O. The maximum Gasteiger partial charge on any atom is 0.269 e. The Hall–Kier alpha value is -3.13. The summed E-state index contributed by atoms with van der Waals surface area (Å²) in [5.41, 5.74) is 5.58. The van der Waals surface area contributed by atoms with E-state index in [1.807, 2.05) is 46.8 Å². The lowest BCUT2D eigenvalue weighted by molar-refractivity contribution is 0.291. The molecule has 1 heterocycles. The van der Waals surface area contributed by atoms with E-state index in [1.54, 1.807) is 30.3 Å². The smallest absolute Gasteiger partial charge is 0.269 e. The van der Waals surface area contributed by atoms with Gasteiger partial charge in [-0.2, -0.15) is 0 Å². The van der Waals surface area contributed by atoms with Crippen LogP contribution in [-0.2, 0) is 16.6 Å². The molecule has 8 heteroatoms. The number of hydrogen-bond acceptors (Lipinski definition) is 5. The molecule has 1 aromatic heterocycles. The molecule has 0 fully saturated rings. The van der Waals surface area contributed by atoms with Crippen LogP contribution in [0.1, 0.15) is 101 Å². The van der Waals surface area contributed by atoms with Crippen LogP contribution in [0, 0.1) is 6.92 Å². The van der Waals surface area contributed by atoms with E-state index in [9.17, 15) is 5.11 Å². The molecule has 0 spiro atoms. The van der Waals surface area contributed by atoms with Crippen LogP contribution in [0.2, 0.25) is 5.02 Å². The van der Waals surface area contributed by atoms with Crippen LogP contribution >= 0.6 is 11.6 Å². The standard InChI is InChI=1S/C36H46ClN3O3S/c1-10-39(11-2)21-27-17-29(13-15-35(27)41)40(34-16-25(9)38-33-20-28(37)12-14-30(33)34)44(42,43)36-31(23(5)6)18-26(22(3)4)19-32(36)24(7)8/h12-20,22-24,41H,10-11,21H2,1-9H3. The number of fused-ring (bicyclic) bond motifs is 1. The van der Waals surface area contributed by atoms with Crippen molar-refractivity contribution >= 4 is 43.9 Å². The summed E-state index contributed by atoms with van der Waals surface area (Å²) in [7, 11) is -4.21. The molecular formula is C36H46ClN3O3S. The van der Waals surface area contributed by atoms with Gasteiger partial charge in [0.2, 0.25) is 0 Å². The fourth-order valence-corrected chi connectivity index (χ4v) is 8.01. The zero-order chi connectivity index (χ0) is 32.5. The fraction of sp³-hybridized carbons (Fsp3) is 0.417. The summed E-state index contributed by atoms with van der Waals surface area (Å²) in [4.78, 5) is 7.21. The highest BCUT2D eigenvalue weighted by molar-refractivity contribution is 7.93. The predicted molar refractivity (Wildman–Crippen MR) is 184 cm³/mol. The highest BCUT2D eigenvalue weighted by Gasteiger charge is 2.35. The van der Waals surface area contributed by atoms with Crippen molar-refractivity contribution in [2.45, 2.75) is 91.5 Å². The predicted octanol–water partition coefficient (Wildman–Crippen LogP) is 9.64. The number of rotatable bonds is 11. The maximum absolute atomic E-state index is 15.4. The largest absolute Gasteiger partial charge is 0.508 e. The third kappa shape index (κ3) is 6.75. The number of anilines is 2. The topological polar surface area (TPSA) is 73.7 Å². The van der Waals surface area contributed by atoms with Crippen molar-refractivity contribution in [1.29, 1.82) is 0 Å². The number of halogens is 1. The van der Waals surface area contributed by atoms with Crippen LogP contribution in [-0.4, -0.2) is 36.5 Å². The van der Waals surface area contributed by atoms with Crippen molar-refractivity contribution in [2.24, 2.45) is 0 Å². The molecule has 0 amide bonds. The van der Waals surface area contributed by atoms with Gasteiger partial charge in [-0.25, -0.2) is 12.7 Å². The number of hydrogen-bond donors (Lipinski definition) is 1. The summed E-state index contributed by atoms with van der Waals surface area (Å²) >= 11 is 6.37. The van der Waals surface area contributed by atoms with E-state index >= 15 is 8.42 Å². The molecule has 3 aromatic carbocycles. The molecule has 0 bridgehead atoms. The lowest BCUT2D eigenvalue weighted by Crippen LogP contribution is -2.30. The Balaban J connectivity index is 2.14. The second-order valence-corrected chi connectivity index (χ2v) is 14.6. The van der Waals surface area contributed by atoms with Gasteiger partial charge in [-0.15, -0.1) is 0 Å². The Labute approximate surface area is 268 Å². The molecule has 4 aromatic rings. The molecule has 0 saturated carbocycles. The van der Waals surface area contributed by atoms with Crippen molar-refractivity contribution in [1.82, 2.24) is 9.88 Å². The number of aryl methyl sites for hydroxylation is 1. The first kappa shape index (κ1) is 33.8. The first-order chi connectivity index (χ1) is 20.7. The molecule has 44 heavy (non-hydrogen) atoms. The number of benzene rings is 3. The minimum Gasteiger partial charge on any atom is -0.508 e. The van der Waals surface area contributed by atoms with Gasteiger partial charge in [-0.1, -0.05) is 79.1 Å². The number of phenols is 1. The highest BCUT2D eigenvalue weighted by Crippen LogP contribution is 2.43. The number of phenolic OH excluding ortho intramolecular Hbond substituents is 1. The van der Waals surface area contributed by atoms with Gasteiger partial charge in [0, 0.05) is 28.2 Å². The van der Waals surface area contributed by atoms with E-state index in [-0.39, 0.29) is 23.5 Å². The normalized spacial score (nSPS) is 12.3. The van der Waals surface area contributed by atoms with Crippen LogP contribution < -0.4 is 4.31 Å². The first-order valence-electron chi connectivity index (χ1n) is 15.5. The van der Waals surface area contributed by atoms with E-state index in [4.69, 9.17) is 16.6 Å². The van der Waals surface area contributed by atoms with Crippen molar-refractivity contribution < 1.29 is 13.5 Å². The first-order valence-corrected chi connectivity index (χ1v) is 17.3. The maximum atomic E-state index is 15.4. The quantitative estimate of drug-likeness (QED) is 0.178. The number of nitrogens with zero attached hydrogens (tertiary/aromatic N) is 3. The van der Waals surface area contributed by atoms with Crippen LogP contribution in [0.25, 0.3) is 10.9 Å². The molecule has 0 aliphatic heterocycles. The van der Waals surface area contributed by atoms with Crippen molar-refractivity contribution in [2.75, 3.05) is 17.4 Å². The third-order valence-electron chi connectivity index (χ3n) is 8.26. The molecule has 1 N–H and O–H groups in total. The summed E-state index contributed by atoms with van der Waals surface area (Å²) in [6, 6.07) is 16.4. The van der Waals surface area contributed by atoms with Gasteiger partial charge >= 0.3 is 0 Å². The lowest BCUT2D eigenvalue weighted by atomic mass is 9.89. The van der Waals surface area contributed by atoms with Gasteiger partial charge in [0.1, 0.15) is 5.75 Å². The minimum absolute atomic E-state index is 0.0365. The van der Waals surface area contributed by atoms with Crippen LogP contribution in [0.3, 0.4) is 0 Å². The van der Waals surface area contributed by atoms with Gasteiger partial charge in [-0.3, -0.25) is 9.88 Å². The summed E-state index contributed by atoms with van der Waals surface area (Å²) in [5, 5.41) is 12.1. The fourth-order valence-electron chi connectivity index (χ4n) is 5.68. The van der Waals surface area contributed by atoms with Crippen LogP contribution in [0.5, 0.6) is 5.75 Å². The Bertz CT molecular complexity index is 1730. The second kappa shape index (κ2) is 13.5. The van der Waals surface area contributed by atoms with Gasteiger partial charge in [0.25, 0.3) is 10.0 Å². The minimum atomic E-state index is -4.21. The van der Waals surface area contributed by atoms with E-state index in [0.717, 1.165) is 29.8 Å². The Morgan fingerprint density at radius 3 is 2.00 bits per heavy atom. The number of pyridine rings is 1. The molecule has 0 radical (unpaired) electrons. The van der Waals surface area contributed by atoms with E-state index in [2.05, 4.69) is 44.7 Å². The number of aromatic nitrogens is 1. The third-order valence-corrected chi connectivity index (χ3v) is 10.4.